The molecule has 7 nitrogen and oxygen atoms in total. The van der Waals surface area contributed by atoms with Crippen LogP contribution in [0.1, 0.15) is 30.7 Å². The van der Waals surface area contributed by atoms with E-state index in [1.807, 2.05) is 0 Å². The van der Waals surface area contributed by atoms with Crippen LogP contribution in [0.3, 0.4) is 0 Å². The van der Waals surface area contributed by atoms with Gasteiger partial charge in [-0.25, -0.2) is 0 Å². The molecule has 2 aromatic rings. The van der Waals surface area contributed by atoms with E-state index in [0.717, 1.165) is 19.4 Å². The monoisotopic (exact) mass is 277 g/mol. The number of aromatic nitrogens is 3. The Morgan fingerprint density at radius 1 is 1.55 bits per heavy atom. The fourth-order valence-electron chi connectivity index (χ4n) is 2.18. The van der Waals surface area contributed by atoms with Gasteiger partial charge in [-0.3, -0.25) is 4.79 Å². The van der Waals surface area contributed by atoms with Crippen molar-refractivity contribution in [3.63, 3.8) is 0 Å². The van der Waals surface area contributed by atoms with Crippen molar-refractivity contribution < 1.29 is 14.0 Å². The molecule has 0 unspecified atom stereocenters. The highest BCUT2D eigenvalue weighted by Gasteiger charge is 2.23. The van der Waals surface area contributed by atoms with E-state index in [0.29, 0.717) is 11.7 Å². The van der Waals surface area contributed by atoms with Gasteiger partial charge >= 0.3 is 0 Å². The number of hydrogen-bond donors (Lipinski definition) is 0. The van der Waals surface area contributed by atoms with Crippen LogP contribution < -0.4 is 10.3 Å². The normalized spacial score (nSPS) is 18.4. The summed E-state index contributed by atoms with van der Waals surface area (Å²) in [5, 5.41) is 3.89. The van der Waals surface area contributed by atoms with Crippen LogP contribution in [0.4, 0.5) is 0 Å². The van der Waals surface area contributed by atoms with Crippen molar-refractivity contribution in [2.45, 2.75) is 25.5 Å². The second kappa shape index (κ2) is 5.46. The summed E-state index contributed by atoms with van der Waals surface area (Å²) in [6.45, 7) is 0.962. The third-order valence-corrected chi connectivity index (χ3v) is 3.21. The molecule has 1 aliphatic heterocycles. The minimum Gasteiger partial charge on any atom is -0.491 e. The van der Waals surface area contributed by atoms with Crippen LogP contribution in [0, 0.1) is 0 Å². The minimum atomic E-state index is -0.224. The summed E-state index contributed by atoms with van der Waals surface area (Å²) < 4.78 is 17.1. The molecule has 7 heteroatoms. The highest BCUT2D eigenvalue weighted by atomic mass is 16.5. The minimum absolute atomic E-state index is 0.113. The molecule has 3 heterocycles. The van der Waals surface area contributed by atoms with Gasteiger partial charge in [0.15, 0.2) is 11.6 Å². The van der Waals surface area contributed by atoms with E-state index in [2.05, 4.69) is 10.1 Å². The summed E-state index contributed by atoms with van der Waals surface area (Å²) in [5.74, 6) is 1.22. The third kappa shape index (κ3) is 2.44. The van der Waals surface area contributed by atoms with Gasteiger partial charge < -0.3 is 18.6 Å². The van der Waals surface area contributed by atoms with Gasteiger partial charge in [0.1, 0.15) is 6.10 Å². The summed E-state index contributed by atoms with van der Waals surface area (Å²) in [6.07, 6.45) is 3.43. The maximum Gasteiger partial charge on any atom is 0.293 e. The molecule has 2 aromatic heterocycles. The smallest absolute Gasteiger partial charge is 0.293 e. The van der Waals surface area contributed by atoms with Gasteiger partial charge in [0.25, 0.3) is 11.4 Å². The topological polar surface area (TPSA) is 79.4 Å². The zero-order valence-corrected chi connectivity index (χ0v) is 11.1. The predicted molar refractivity (Wildman–Crippen MR) is 68.6 cm³/mol. The van der Waals surface area contributed by atoms with Gasteiger partial charge in [0.05, 0.1) is 13.7 Å². The largest absolute Gasteiger partial charge is 0.491 e. The van der Waals surface area contributed by atoms with Gasteiger partial charge in [-0.15, -0.1) is 0 Å². The zero-order chi connectivity index (χ0) is 13.9. The standard InChI is InChI=1S/C13H15N3O4/c1-18-10-4-2-6-16(13(10)17)8-11-14-12(20-15-11)9-5-3-7-19-9/h2,4,6,9H,3,5,7-8H2,1H3/t9-/m1/s1. The van der Waals surface area contributed by atoms with Gasteiger partial charge in [0, 0.05) is 12.8 Å². The van der Waals surface area contributed by atoms with Gasteiger partial charge in [-0.1, -0.05) is 5.16 Å². The van der Waals surface area contributed by atoms with Crippen molar-refractivity contribution in [1.29, 1.82) is 0 Å². The summed E-state index contributed by atoms with van der Waals surface area (Å²) in [4.78, 5) is 16.3. The van der Waals surface area contributed by atoms with E-state index in [-0.39, 0.29) is 24.0 Å². The molecule has 0 radical (unpaired) electrons. The summed E-state index contributed by atoms with van der Waals surface area (Å²) >= 11 is 0. The maximum atomic E-state index is 12.0. The molecule has 1 saturated heterocycles. The molecule has 0 aliphatic carbocycles. The number of methoxy groups -OCH3 is 1. The van der Waals surface area contributed by atoms with Crippen molar-refractivity contribution in [1.82, 2.24) is 14.7 Å². The molecule has 106 valence electrons. The highest BCUT2D eigenvalue weighted by molar-refractivity contribution is 5.17. The molecule has 20 heavy (non-hydrogen) atoms. The number of hydrogen-bond acceptors (Lipinski definition) is 6. The first-order valence-corrected chi connectivity index (χ1v) is 6.45. The predicted octanol–water partition coefficient (Wildman–Crippen LogP) is 1.14. The van der Waals surface area contributed by atoms with E-state index >= 15 is 0 Å². The molecule has 0 N–H and O–H groups in total. The number of nitrogens with zero attached hydrogens (tertiary/aromatic N) is 3. The van der Waals surface area contributed by atoms with Crippen LogP contribution >= 0.6 is 0 Å². The molecule has 0 bridgehead atoms. The number of ether oxygens (including phenoxy) is 2. The molecule has 0 aromatic carbocycles. The summed E-state index contributed by atoms with van der Waals surface area (Å²) in [7, 11) is 1.46. The maximum absolute atomic E-state index is 12.0. The molecular weight excluding hydrogens is 262 g/mol. The lowest BCUT2D eigenvalue weighted by molar-refractivity contribution is 0.0835. The van der Waals surface area contributed by atoms with Gasteiger partial charge in [-0.2, -0.15) is 4.98 Å². The van der Waals surface area contributed by atoms with Crippen LogP contribution in [0.5, 0.6) is 5.75 Å². The number of pyridine rings is 1. The number of rotatable bonds is 4. The summed E-state index contributed by atoms with van der Waals surface area (Å²) in [5.41, 5.74) is -0.224. The van der Waals surface area contributed by atoms with Crippen molar-refractivity contribution in [2.75, 3.05) is 13.7 Å². The average Bonchev–Trinajstić information content (AvgIpc) is 3.11. The fraction of sp³-hybridized carbons (Fsp3) is 0.462. The Hall–Kier alpha value is -2.15. The third-order valence-electron chi connectivity index (χ3n) is 3.21. The second-order valence-corrected chi connectivity index (χ2v) is 4.56. The van der Waals surface area contributed by atoms with E-state index < -0.39 is 0 Å². The van der Waals surface area contributed by atoms with E-state index in [4.69, 9.17) is 14.0 Å². The molecule has 1 fully saturated rings. The molecule has 0 amide bonds. The first-order valence-electron chi connectivity index (χ1n) is 6.45. The SMILES string of the molecule is COc1cccn(Cc2noc([C@H]3CCCO3)n2)c1=O. The average molecular weight is 277 g/mol. The highest BCUT2D eigenvalue weighted by Crippen LogP contribution is 2.26. The van der Waals surface area contributed by atoms with Crippen molar-refractivity contribution in [2.24, 2.45) is 0 Å². The first-order chi connectivity index (χ1) is 9.78. The van der Waals surface area contributed by atoms with Crippen molar-refractivity contribution >= 4 is 0 Å². The molecule has 1 aliphatic rings. The summed E-state index contributed by atoms with van der Waals surface area (Å²) in [6, 6.07) is 3.36. The van der Waals surface area contributed by atoms with Crippen molar-refractivity contribution in [3.8, 4) is 5.75 Å². The van der Waals surface area contributed by atoms with E-state index in [1.54, 1.807) is 18.3 Å². The Labute approximate surface area is 115 Å². The van der Waals surface area contributed by atoms with Gasteiger partial charge in [0.2, 0.25) is 0 Å². The second-order valence-electron chi connectivity index (χ2n) is 4.56. The van der Waals surface area contributed by atoms with E-state index in [9.17, 15) is 4.79 Å². The lowest BCUT2D eigenvalue weighted by Crippen LogP contribution is -2.21. The van der Waals surface area contributed by atoms with Crippen LogP contribution in [0.15, 0.2) is 27.6 Å². The molecule has 3 rings (SSSR count). The molecular formula is C13H15N3O4. The lowest BCUT2D eigenvalue weighted by atomic mass is 10.2. The van der Waals surface area contributed by atoms with Crippen LogP contribution in [-0.2, 0) is 11.3 Å². The molecule has 1 atom stereocenters. The molecule has 0 saturated carbocycles. The van der Waals surface area contributed by atoms with Crippen molar-refractivity contribution in [3.05, 3.63) is 40.4 Å². The van der Waals surface area contributed by atoms with Gasteiger partial charge in [-0.05, 0) is 25.0 Å². The Kier molecular flexibility index (Phi) is 3.51. The Morgan fingerprint density at radius 3 is 3.20 bits per heavy atom. The van der Waals surface area contributed by atoms with Crippen LogP contribution in [0.25, 0.3) is 0 Å². The Balaban J connectivity index is 1.79. The van der Waals surface area contributed by atoms with Crippen LogP contribution in [-0.4, -0.2) is 28.4 Å². The quantitative estimate of drug-likeness (QED) is 0.833. The first kappa shape index (κ1) is 12.9. The Bertz CT molecular complexity index is 643. The fourth-order valence-corrected chi connectivity index (χ4v) is 2.18. The Morgan fingerprint density at radius 2 is 2.45 bits per heavy atom. The van der Waals surface area contributed by atoms with E-state index in [1.165, 1.54) is 11.7 Å². The zero-order valence-electron chi connectivity index (χ0n) is 11.1. The van der Waals surface area contributed by atoms with Crippen LogP contribution in [0.2, 0.25) is 0 Å². The lowest BCUT2D eigenvalue weighted by Gasteiger charge is -2.04. The molecule has 0 spiro atoms.